The average Bonchev–Trinajstić information content (AvgIpc) is 3.44. The van der Waals surface area contributed by atoms with Gasteiger partial charge < -0.3 is 29.3 Å². The predicted molar refractivity (Wildman–Crippen MR) is 149 cm³/mol. The summed E-state index contributed by atoms with van der Waals surface area (Å²) in [5, 5.41) is 3.02. The van der Waals surface area contributed by atoms with Crippen molar-refractivity contribution in [1.82, 2.24) is 24.7 Å². The molecular weight excluding hydrogens is 515 g/mol. The normalized spacial score (nSPS) is 18.9. The van der Waals surface area contributed by atoms with E-state index in [1.54, 1.807) is 36.2 Å². The highest BCUT2D eigenvalue weighted by Gasteiger charge is 2.32. The molecule has 2 fully saturated rings. The van der Waals surface area contributed by atoms with Crippen molar-refractivity contribution in [3.63, 3.8) is 0 Å². The van der Waals surface area contributed by atoms with E-state index in [-0.39, 0.29) is 23.3 Å². The van der Waals surface area contributed by atoms with Gasteiger partial charge in [-0.15, -0.1) is 0 Å². The van der Waals surface area contributed by atoms with E-state index in [1.165, 1.54) is 29.6 Å². The summed E-state index contributed by atoms with van der Waals surface area (Å²) in [5.41, 5.74) is 1.99. The number of aromatic nitrogens is 2. The van der Waals surface area contributed by atoms with Crippen LogP contribution in [0.25, 0.3) is 0 Å². The third-order valence-corrected chi connectivity index (χ3v) is 8.23. The fraction of sp³-hybridized carbons (Fsp3) is 0.429. The summed E-state index contributed by atoms with van der Waals surface area (Å²) in [4.78, 5) is 44.7. The molecule has 1 N–H and O–H groups in total. The Morgan fingerprint density at radius 2 is 1.75 bits per heavy atom. The van der Waals surface area contributed by atoms with Crippen molar-refractivity contribution in [2.45, 2.75) is 18.9 Å². The Bertz CT molecular complexity index is 1430. The quantitative estimate of drug-likeness (QED) is 0.527. The van der Waals surface area contributed by atoms with Gasteiger partial charge in [-0.25, -0.2) is 9.37 Å². The number of piperidine rings is 1. The lowest BCUT2D eigenvalue weighted by Gasteiger charge is -2.42. The average molecular weight is 549 g/mol. The summed E-state index contributed by atoms with van der Waals surface area (Å²) in [6, 6.07) is 4.92. The summed E-state index contributed by atoms with van der Waals surface area (Å²) >= 11 is 0. The molecule has 1 aromatic carbocycles. The van der Waals surface area contributed by atoms with E-state index in [9.17, 15) is 9.59 Å². The molecule has 5 heterocycles. The van der Waals surface area contributed by atoms with Gasteiger partial charge in [-0.05, 0) is 38.1 Å². The standard InChI is InChI=1S/C28H33FN8O3/c1-33-10-12-36(13-11-33)19-6-8-37(9-7-19)27(39)20-5-4-18(14-22(20)29)31-28-30-15-23-25(32-28)34(2)24-17-40-16-21(24)26(38)35(23)3/h4-5,14-17,19H,6-13H2,1-3H3,(H,30,31,32). The molecule has 0 spiro atoms. The van der Waals surface area contributed by atoms with Crippen molar-refractivity contribution < 1.29 is 18.4 Å². The number of likely N-dealkylation sites (N-methyl/N-ethyl adjacent to an activating group) is 1. The van der Waals surface area contributed by atoms with Crippen LogP contribution in [0.5, 0.6) is 0 Å². The van der Waals surface area contributed by atoms with E-state index >= 15 is 4.39 Å². The van der Waals surface area contributed by atoms with Gasteiger partial charge >= 0.3 is 0 Å². The number of anilines is 5. The van der Waals surface area contributed by atoms with Crippen LogP contribution < -0.4 is 15.1 Å². The van der Waals surface area contributed by atoms with Gasteiger partial charge in [0.2, 0.25) is 5.95 Å². The Balaban J connectivity index is 1.13. The van der Waals surface area contributed by atoms with Crippen LogP contribution in [0.2, 0.25) is 0 Å². The third-order valence-electron chi connectivity index (χ3n) is 8.23. The highest BCUT2D eigenvalue weighted by molar-refractivity contribution is 6.12. The molecule has 11 nitrogen and oxygen atoms in total. The number of nitrogens with one attached hydrogen (secondary N) is 1. The lowest BCUT2D eigenvalue weighted by molar-refractivity contribution is 0.0515. The van der Waals surface area contributed by atoms with Gasteiger partial charge in [0.25, 0.3) is 11.8 Å². The lowest BCUT2D eigenvalue weighted by Crippen LogP contribution is -2.53. The summed E-state index contributed by atoms with van der Waals surface area (Å²) in [6.45, 7) is 5.51. The summed E-state index contributed by atoms with van der Waals surface area (Å²) in [5.74, 6) is -0.406. The molecule has 2 amide bonds. The van der Waals surface area contributed by atoms with E-state index in [2.05, 4.69) is 32.1 Å². The number of hydrogen-bond donors (Lipinski definition) is 1. The molecule has 2 aromatic heterocycles. The van der Waals surface area contributed by atoms with Gasteiger partial charge in [-0.1, -0.05) is 0 Å². The van der Waals surface area contributed by atoms with Crippen molar-refractivity contribution in [2.75, 3.05) is 75.5 Å². The molecule has 2 saturated heterocycles. The third kappa shape index (κ3) is 4.77. The Kier molecular flexibility index (Phi) is 6.88. The molecule has 3 aliphatic rings. The van der Waals surface area contributed by atoms with Crippen LogP contribution in [-0.4, -0.2) is 103 Å². The molecule has 3 aromatic rings. The number of halogens is 1. The maximum atomic E-state index is 15.2. The summed E-state index contributed by atoms with van der Waals surface area (Å²) in [7, 11) is 5.57. The van der Waals surface area contributed by atoms with Crippen LogP contribution in [0.15, 0.2) is 41.3 Å². The maximum Gasteiger partial charge on any atom is 0.263 e. The van der Waals surface area contributed by atoms with Gasteiger partial charge in [0.1, 0.15) is 29.6 Å². The maximum absolute atomic E-state index is 15.2. The topological polar surface area (TPSA) is 101 Å². The van der Waals surface area contributed by atoms with Gasteiger partial charge in [-0.3, -0.25) is 14.5 Å². The van der Waals surface area contributed by atoms with E-state index in [0.717, 1.165) is 39.0 Å². The van der Waals surface area contributed by atoms with Crippen LogP contribution >= 0.6 is 0 Å². The lowest BCUT2D eigenvalue weighted by atomic mass is 10.0. The highest BCUT2D eigenvalue weighted by Crippen LogP contribution is 2.38. The number of hydrogen-bond acceptors (Lipinski definition) is 9. The van der Waals surface area contributed by atoms with Crippen LogP contribution in [0.1, 0.15) is 33.6 Å². The largest absolute Gasteiger partial charge is 0.470 e. The number of fused-ring (bicyclic) bond motifs is 2. The minimum atomic E-state index is -0.601. The van der Waals surface area contributed by atoms with Crippen molar-refractivity contribution >= 4 is 40.6 Å². The van der Waals surface area contributed by atoms with Crippen molar-refractivity contribution in [3.05, 3.63) is 53.9 Å². The zero-order valence-electron chi connectivity index (χ0n) is 22.9. The van der Waals surface area contributed by atoms with Crippen molar-refractivity contribution in [3.8, 4) is 0 Å². The summed E-state index contributed by atoms with van der Waals surface area (Å²) in [6.07, 6.45) is 6.25. The number of amides is 2. The van der Waals surface area contributed by atoms with E-state index in [1.807, 2.05) is 0 Å². The first-order valence-corrected chi connectivity index (χ1v) is 13.5. The predicted octanol–water partition coefficient (Wildman–Crippen LogP) is 3.16. The molecule has 0 radical (unpaired) electrons. The minimum absolute atomic E-state index is 0.0544. The van der Waals surface area contributed by atoms with Gasteiger partial charge in [0.05, 0.1) is 17.4 Å². The number of carbonyl (C=O) groups is 2. The monoisotopic (exact) mass is 548 g/mol. The van der Waals surface area contributed by atoms with Crippen LogP contribution in [0, 0.1) is 5.82 Å². The minimum Gasteiger partial charge on any atom is -0.470 e. The molecule has 0 atom stereocenters. The Morgan fingerprint density at radius 1 is 1.00 bits per heavy atom. The smallest absolute Gasteiger partial charge is 0.263 e. The SMILES string of the molecule is CN1CCN(C2CCN(C(=O)c3ccc(Nc4ncc5c(n4)N(C)c4cocc4C(=O)N5C)cc3F)CC2)CC1. The Hall–Kier alpha value is -4.03. The molecular formula is C28H33FN8O3. The number of carbonyl (C=O) groups excluding carboxylic acids is 2. The first kappa shape index (κ1) is 26.2. The number of rotatable bonds is 4. The van der Waals surface area contributed by atoms with E-state index in [4.69, 9.17) is 4.42 Å². The van der Waals surface area contributed by atoms with E-state index < -0.39 is 5.82 Å². The number of nitrogens with zero attached hydrogens (tertiary/aromatic N) is 7. The van der Waals surface area contributed by atoms with Crippen LogP contribution in [-0.2, 0) is 0 Å². The fourth-order valence-electron chi connectivity index (χ4n) is 5.71. The molecule has 0 saturated carbocycles. The van der Waals surface area contributed by atoms with Gasteiger partial charge in [-0.2, -0.15) is 4.98 Å². The van der Waals surface area contributed by atoms with Crippen molar-refractivity contribution in [2.24, 2.45) is 0 Å². The fourth-order valence-corrected chi connectivity index (χ4v) is 5.71. The van der Waals surface area contributed by atoms with Crippen LogP contribution in [0.4, 0.5) is 33.2 Å². The van der Waals surface area contributed by atoms with Crippen molar-refractivity contribution in [1.29, 1.82) is 0 Å². The zero-order valence-corrected chi connectivity index (χ0v) is 22.9. The molecule has 0 unspecified atom stereocenters. The second kappa shape index (κ2) is 10.5. The zero-order chi connectivity index (χ0) is 28.0. The Morgan fingerprint density at radius 3 is 2.48 bits per heavy atom. The first-order chi connectivity index (χ1) is 19.3. The number of piperazine rings is 1. The highest BCUT2D eigenvalue weighted by atomic mass is 19.1. The van der Waals surface area contributed by atoms with Gasteiger partial charge in [0, 0.05) is 65.1 Å². The molecule has 3 aliphatic heterocycles. The molecule has 40 heavy (non-hydrogen) atoms. The van der Waals surface area contributed by atoms with E-state index in [0.29, 0.717) is 47.6 Å². The molecule has 0 bridgehead atoms. The van der Waals surface area contributed by atoms with Gasteiger partial charge in [0.15, 0.2) is 5.82 Å². The molecule has 0 aliphatic carbocycles. The molecule has 12 heteroatoms. The first-order valence-electron chi connectivity index (χ1n) is 13.5. The second-order valence-electron chi connectivity index (χ2n) is 10.7. The number of furan rings is 1. The number of benzene rings is 1. The number of likely N-dealkylation sites (tertiary alicyclic amines) is 1. The molecule has 210 valence electrons. The molecule has 6 rings (SSSR count). The Labute approximate surface area is 232 Å². The summed E-state index contributed by atoms with van der Waals surface area (Å²) < 4.78 is 20.4. The second-order valence-corrected chi connectivity index (χ2v) is 10.7. The van der Waals surface area contributed by atoms with Crippen LogP contribution in [0.3, 0.4) is 0 Å².